The molecule has 2 amide bonds. The summed E-state index contributed by atoms with van der Waals surface area (Å²) in [6, 6.07) is 17.7. The Hall–Kier alpha value is -4.05. The second kappa shape index (κ2) is 10.1. The van der Waals surface area contributed by atoms with Crippen LogP contribution in [-0.4, -0.2) is 41.0 Å². The molecule has 1 heterocycles. The van der Waals surface area contributed by atoms with Crippen molar-refractivity contribution in [2.24, 2.45) is 0 Å². The minimum absolute atomic E-state index is 0.0232. The van der Waals surface area contributed by atoms with Gasteiger partial charge < -0.3 is 19.7 Å². The standard InChI is InChI=1S/C25H25N3O6S/c1-33-22-16-21(23(34-2)15-20(22)26-25(30)17-7-4-3-5-8-17)27-35(31,32)19-12-10-18(11-13-19)28-14-6-9-24(28)29/h3-5,7-8,10-13,15-16,27H,6,9,14H2,1-2H3,(H,26,30). The molecule has 0 saturated carbocycles. The van der Waals surface area contributed by atoms with Gasteiger partial charge in [0.1, 0.15) is 11.5 Å². The molecular weight excluding hydrogens is 470 g/mol. The first-order chi connectivity index (χ1) is 16.8. The Labute approximate surface area is 203 Å². The smallest absolute Gasteiger partial charge is 0.262 e. The molecular formula is C25H25N3O6S. The van der Waals surface area contributed by atoms with E-state index in [1.165, 1.54) is 38.5 Å². The highest BCUT2D eigenvalue weighted by Crippen LogP contribution is 2.38. The summed E-state index contributed by atoms with van der Waals surface area (Å²) in [5.41, 5.74) is 1.57. The maximum Gasteiger partial charge on any atom is 0.262 e. The van der Waals surface area contributed by atoms with E-state index in [9.17, 15) is 18.0 Å². The Balaban J connectivity index is 1.58. The van der Waals surface area contributed by atoms with Crippen LogP contribution in [0, 0.1) is 0 Å². The quantitative estimate of drug-likeness (QED) is 0.490. The number of anilines is 3. The fourth-order valence-electron chi connectivity index (χ4n) is 3.79. The number of sulfonamides is 1. The number of methoxy groups -OCH3 is 2. The Morgan fingerprint density at radius 2 is 1.54 bits per heavy atom. The number of hydrogen-bond donors (Lipinski definition) is 2. The number of benzene rings is 3. The van der Waals surface area contributed by atoms with Crippen LogP contribution in [0.15, 0.2) is 71.6 Å². The number of carbonyl (C=O) groups excluding carboxylic acids is 2. The lowest BCUT2D eigenvalue weighted by atomic mass is 10.2. The third kappa shape index (κ3) is 5.22. The van der Waals surface area contributed by atoms with Crippen LogP contribution in [-0.2, 0) is 14.8 Å². The molecule has 0 unspecified atom stereocenters. The first-order valence-corrected chi connectivity index (χ1v) is 12.4. The van der Waals surface area contributed by atoms with E-state index in [0.29, 0.717) is 29.9 Å². The molecule has 1 aliphatic rings. The van der Waals surface area contributed by atoms with Crippen molar-refractivity contribution in [1.29, 1.82) is 0 Å². The van der Waals surface area contributed by atoms with Crippen LogP contribution in [0.4, 0.5) is 17.1 Å². The van der Waals surface area contributed by atoms with E-state index < -0.39 is 10.0 Å². The normalized spacial score (nSPS) is 13.4. The van der Waals surface area contributed by atoms with Crippen molar-refractivity contribution in [1.82, 2.24) is 0 Å². The summed E-state index contributed by atoms with van der Waals surface area (Å²) in [5.74, 6) is 0.110. The van der Waals surface area contributed by atoms with Crippen molar-refractivity contribution in [3.05, 3.63) is 72.3 Å². The predicted molar refractivity (Wildman–Crippen MR) is 133 cm³/mol. The number of nitrogens with one attached hydrogen (secondary N) is 2. The lowest BCUT2D eigenvalue weighted by Crippen LogP contribution is -2.23. The Bertz CT molecular complexity index is 1340. The van der Waals surface area contributed by atoms with Crippen LogP contribution in [0.2, 0.25) is 0 Å². The Morgan fingerprint density at radius 3 is 2.14 bits per heavy atom. The molecule has 3 aromatic rings. The molecule has 3 aromatic carbocycles. The Kier molecular flexibility index (Phi) is 6.92. The molecule has 0 radical (unpaired) electrons. The van der Waals surface area contributed by atoms with Gasteiger partial charge in [-0.3, -0.25) is 14.3 Å². The average molecular weight is 496 g/mol. The maximum atomic E-state index is 13.1. The van der Waals surface area contributed by atoms with Crippen molar-refractivity contribution in [3.8, 4) is 11.5 Å². The molecule has 182 valence electrons. The van der Waals surface area contributed by atoms with E-state index in [4.69, 9.17) is 9.47 Å². The number of hydrogen-bond acceptors (Lipinski definition) is 6. The molecule has 1 fully saturated rings. The van der Waals surface area contributed by atoms with E-state index in [2.05, 4.69) is 10.0 Å². The summed E-state index contributed by atoms with van der Waals surface area (Å²) >= 11 is 0. The number of amides is 2. The maximum absolute atomic E-state index is 13.1. The number of ether oxygens (including phenoxy) is 2. The third-order valence-corrected chi connectivity index (χ3v) is 6.96. The first kappa shape index (κ1) is 24.1. The van der Waals surface area contributed by atoms with Gasteiger partial charge in [-0.05, 0) is 42.8 Å². The molecule has 0 spiro atoms. The highest BCUT2D eigenvalue weighted by molar-refractivity contribution is 7.92. The van der Waals surface area contributed by atoms with Gasteiger partial charge >= 0.3 is 0 Å². The zero-order chi connectivity index (χ0) is 25.0. The molecule has 4 rings (SSSR count). The van der Waals surface area contributed by atoms with Crippen molar-refractivity contribution in [2.75, 3.05) is 35.7 Å². The SMILES string of the molecule is COc1cc(NS(=O)(=O)c2ccc(N3CCCC3=O)cc2)c(OC)cc1NC(=O)c1ccccc1. The molecule has 1 aliphatic heterocycles. The van der Waals surface area contributed by atoms with E-state index in [0.717, 1.165) is 6.42 Å². The predicted octanol–water partition coefficient (Wildman–Crippen LogP) is 3.88. The molecule has 35 heavy (non-hydrogen) atoms. The summed E-state index contributed by atoms with van der Waals surface area (Å²) < 4.78 is 39.4. The highest BCUT2D eigenvalue weighted by Gasteiger charge is 2.23. The molecule has 0 atom stereocenters. The van der Waals surface area contributed by atoms with Crippen LogP contribution in [0.3, 0.4) is 0 Å². The summed E-state index contributed by atoms with van der Waals surface area (Å²) in [6.07, 6.45) is 1.27. The molecule has 0 bridgehead atoms. The van der Waals surface area contributed by atoms with Gasteiger partial charge in [0.25, 0.3) is 15.9 Å². The summed E-state index contributed by atoms with van der Waals surface area (Å²) in [5, 5.41) is 2.76. The molecule has 2 N–H and O–H groups in total. The van der Waals surface area contributed by atoms with Crippen molar-refractivity contribution in [2.45, 2.75) is 17.7 Å². The van der Waals surface area contributed by atoms with Gasteiger partial charge in [0, 0.05) is 36.3 Å². The lowest BCUT2D eigenvalue weighted by molar-refractivity contribution is -0.117. The van der Waals surface area contributed by atoms with Gasteiger partial charge in [0.2, 0.25) is 5.91 Å². The van der Waals surface area contributed by atoms with Crippen LogP contribution in [0.25, 0.3) is 0 Å². The van der Waals surface area contributed by atoms with E-state index in [1.807, 2.05) is 0 Å². The second-order valence-corrected chi connectivity index (χ2v) is 9.50. The van der Waals surface area contributed by atoms with Gasteiger partial charge in [-0.1, -0.05) is 18.2 Å². The fourth-order valence-corrected chi connectivity index (χ4v) is 4.85. The van der Waals surface area contributed by atoms with Crippen molar-refractivity contribution < 1.29 is 27.5 Å². The number of carbonyl (C=O) groups is 2. The Morgan fingerprint density at radius 1 is 0.914 bits per heavy atom. The molecule has 0 aromatic heterocycles. The van der Waals surface area contributed by atoms with Crippen LogP contribution >= 0.6 is 0 Å². The topological polar surface area (TPSA) is 114 Å². The van der Waals surface area contributed by atoms with Crippen molar-refractivity contribution in [3.63, 3.8) is 0 Å². The van der Waals surface area contributed by atoms with E-state index in [-0.39, 0.29) is 33.9 Å². The van der Waals surface area contributed by atoms with Crippen molar-refractivity contribution >= 4 is 38.9 Å². The van der Waals surface area contributed by atoms with Gasteiger partial charge in [-0.25, -0.2) is 8.42 Å². The monoisotopic (exact) mass is 495 g/mol. The first-order valence-electron chi connectivity index (χ1n) is 10.9. The fraction of sp³-hybridized carbons (Fsp3) is 0.200. The van der Waals surface area contributed by atoms with Gasteiger partial charge in [0.15, 0.2) is 0 Å². The van der Waals surface area contributed by atoms with E-state index >= 15 is 0 Å². The average Bonchev–Trinajstić information content (AvgIpc) is 3.30. The largest absolute Gasteiger partial charge is 0.494 e. The molecule has 9 nitrogen and oxygen atoms in total. The third-order valence-electron chi connectivity index (χ3n) is 5.58. The molecule has 0 aliphatic carbocycles. The summed E-state index contributed by atoms with van der Waals surface area (Å²) in [7, 11) is -1.17. The van der Waals surface area contributed by atoms with E-state index in [1.54, 1.807) is 47.4 Å². The zero-order valence-corrected chi connectivity index (χ0v) is 20.1. The lowest BCUT2D eigenvalue weighted by Gasteiger charge is -2.18. The number of nitrogens with zero attached hydrogens (tertiary/aromatic N) is 1. The molecule has 10 heteroatoms. The second-order valence-electron chi connectivity index (χ2n) is 7.82. The zero-order valence-electron chi connectivity index (χ0n) is 19.3. The van der Waals surface area contributed by atoms with Gasteiger partial charge in [-0.15, -0.1) is 0 Å². The summed E-state index contributed by atoms with van der Waals surface area (Å²) in [6.45, 7) is 0.618. The minimum atomic E-state index is -3.98. The van der Waals surface area contributed by atoms with Crippen LogP contribution < -0.4 is 24.4 Å². The number of rotatable bonds is 8. The minimum Gasteiger partial charge on any atom is -0.494 e. The summed E-state index contributed by atoms with van der Waals surface area (Å²) in [4.78, 5) is 26.2. The highest BCUT2D eigenvalue weighted by atomic mass is 32.2. The van der Waals surface area contributed by atoms with Crippen LogP contribution in [0.5, 0.6) is 11.5 Å². The molecule has 1 saturated heterocycles. The van der Waals surface area contributed by atoms with Crippen LogP contribution in [0.1, 0.15) is 23.2 Å². The van der Waals surface area contributed by atoms with Gasteiger partial charge in [-0.2, -0.15) is 0 Å². The van der Waals surface area contributed by atoms with Gasteiger partial charge in [0.05, 0.1) is 30.5 Å².